The topological polar surface area (TPSA) is 136 Å². The molecule has 0 saturated heterocycles. The molecule has 0 spiro atoms. The van der Waals surface area contributed by atoms with Crippen molar-refractivity contribution in [1.82, 2.24) is 4.31 Å². The SMILES string of the molecule is CCN(CCNc1ccc([N+](=O)[O-])cc1[N+](=O)[O-])S(=O)(=O)c1ccc2ccccc2c1. The van der Waals surface area contributed by atoms with Gasteiger partial charge in [0.1, 0.15) is 5.69 Å². The number of nitro benzene ring substituents is 2. The minimum atomic E-state index is -3.77. The van der Waals surface area contributed by atoms with Gasteiger partial charge in [-0.25, -0.2) is 8.42 Å². The highest BCUT2D eigenvalue weighted by atomic mass is 32.2. The van der Waals surface area contributed by atoms with Gasteiger partial charge in [-0.1, -0.05) is 37.3 Å². The summed E-state index contributed by atoms with van der Waals surface area (Å²) in [5, 5.41) is 26.6. The lowest BCUT2D eigenvalue weighted by molar-refractivity contribution is -0.393. The summed E-state index contributed by atoms with van der Waals surface area (Å²) in [6.45, 7) is 2.05. The normalized spacial score (nSPS) is 11.5. The largest absolute Gasteiger partial charge is 0.378 e. The second kappa shape index (κ2) is 9.06. The lowest BCUT2D eigenvalue weighted by atomic mass is 10.1. The first-order valence-electron chi connectivity index (χ1n) is 9.39. The number of nitro groups is 2. The van der Waals surface area contributed by atoms with Crippen LogP contribution in [0, 0.1) is 20.2 Å². The van der Waals surface area contributed by atoms with Gasteiger partial charge in [0.25, 0.3) is 11.4 Å². The molecule has 0 bridgehead atoms. The molecule has 1 N–H and O–H groups in total. The van der Waals surface area contributed by atoms with Gasteiger partial charge in [0, 0.05) is 25.7 Å². The minimum absolute atomic E-state index is 0.0554. The van der Waals surface area contributed by atoms with Gasteiger partial charge in [-0.15, -0.1) is 0 Å². The second-order valence-corrected chi connectivity index (χ2v) is 8.59. The Bertz CT molecular complexity index is 1250. The van der Waals surface area contributed by atoms with Crippen LogP contribution < -0.4 is 5.32 Å². The van der Waals surface area contributed by atoms with E-state index in [1.54, 1.807) is 25.1 Å². The molecule has 0 heterocycles. The summed E-state index contributed by atoms with van der Waals surface area (Å²) in [5.41, 5.74) is -0.768. The zero-order chi connectivity index (χ0) is 22.6. The summed E-state index contributed by atoms with van der Waals surface area (Å²) >= 11 is 0. The Kier molecular flexibility index (Phi) is 6.47. The highest BCUT2D eigenvalue weighted by Crippen LogP contribution is 2.29. The van der Waals surface area contributed by atoms with Gasteiger partial charge in [-0.3, -0.25) is 20.2 Å². The van der Waals surface area contributed by atoms with Gasteiger partial charge in [0.2, 0.25) is 10.0 Å². The van der Waals surface area contributed by atoms with Crippen LogP contribution in [0.5, 0.6) is 0 Å². The molecule has 162 valence electrons. The fourth-order valence-electron chi connectivity index (χ4n) is 3.17. The number of hydrogen-bond acceptors (Lipinski definition) is 7. The van der Waals surface area contributed by atoms with Crippen molar-refractivity contribution in [2.45, 2.75) is 11.8 Å². The highest BCUT2D eigenvalue weighted by molar-refractivity contribution is 7.89. The van der Waals surface area contributed by atoms with Crippen molar-refractivity contribution in [3.63, 3.8) is 0 Å². The molecule has 10 nitrogen and oxygen atoms in total. The van der Waals surface area contributed by atoms with Crippen LogP contribution in [0.1, 0.15) is 6.92 Å². The van der Waals surface area contributed by atoms with Crippen molar-refractivity contribution < 1.29 is 18.3 Å². The van der Waals surface area contributed by atoms with Crippen LogP contribution in [-0.2, 0) is 10.0 Å². The van der Waals surface area contributed by atoms with Gasteiger partial charge in [0.15, 0.2) is 0 Å². The molecule has 0 aliphatic heterocycles. The number of likely N-dealkylation sites (N-methyl/N-ethyl adjacent to an activating group) is 1. The number of sulfonamides is 1. The maximum absolute atomic E-state index is 13.1. The average Bonchev–Trinajstić information content (AvgIpc) is 2.76. The van der Waals surface area contributed by atoms with Crippen molar-refractivity contribution in [3.8, 4) is 0 Å². The number of non-ortho nitro benzene ring substituents is 1. The van der Waals surface area contributed by atoms with Gasteiger partial charge < -0.3 is 5.32 Å². The number of rotatable bonds is 9. The predicted octanol–water partition coefficient (Wildman–Crippen LogP) is 3.78. The third kappa shape index (κ3) is 4.78. The molecule has 0 atom stereocenters. The quantitative estimate of drug-likeness (QED) is 0.392. The molecule has 0 radical (unpaired) electrons. The molecule has 3 aromatic carbocycles. The summed E-state index contributed by atoms with van der Waals surface area (Å²) in [6, 6.07) is 15.6. The fourth-order valence-corrected chi connectivity index (χ4v) is 4.66. The van der Waals surface area contributed by atoms with Crippen LogP contribution in [0.2, 0.25) is 0 Å². The second-order valence-electron chi connectivity index (χ2n) is 6.65. The Morgan fingerprint density at radius 3 is 2.29 bits per heavy atom. The monoisotopic (exact) mass is 444 g/mol. The summed E-state index contributed by atoms with van der Waals surface area (Å²) < 4.78 is 27.4. The maximum atomic E-state index is 13.1. The third-order valence-electron chi connectivity index (χ3n) is 4.78. The Balaban J connectivity index is 1.77. The van der Waals surface area contributed by atoms with Crippen LogP contribution in [0.3, 0.4) is 0 Å². The molecular formula is C20H20N4O6S. The number of hydrogen-bond donors (Lipinski definition) is 1. The Hall–Kier alpha value is -3.57. The van der Waals surface area contributed by atoms with Gasteiger partial charge in [0.05, 0.1) is 20.8 Å². The van der Waals surface area contributed by atoms with Crippen molar-refractivity contribution in [1.29, 1.82) is 0 Å². The first-order chi connectivity index (χ1) is 14.7. The van der Waals surface area contributed by atoms with Crippen LogP contribution >= 0.6 is 0 Å². The number of nitrogens with zero attached hydrogens (tertiary/aromatic N) is 3. The minimum Gasteiger partial charge on any atom is -0.378 e. The van der Waals surface area contributed by atoms with E-state index in [4.69, 9.17) is 0 Å². The zero-order valence-electron chi connectivity index (χ0n) is 16.6. The highest BCUT2D eigenvalue weighted by Gasteiger charge is 2.24. The summed E-state index contributed by atoms with van der Waals surface area (Å²) in [7, 11) is -3.77. The number of nitrogens with one attached hydrogen (secondary N) is 1. The molecule has 0 aromatic heterocycles. The lowest BCUT2D eigenvalue weighted by Gasteiger charge is -2.21. The number of benzene rings is 3. The van der Waals surface area contributed by atoms with E-state index in [1.165, 1.54) is 10.4 Å². The smallest absolute Gasteiger partial charge is 0.299 e. The summed E-state index contributed by atoms with van der Waals surface area (Å²) in [4.78, 5) is 20.8. The van der Waals surface area contributed by atoms with Crippen LogP contribution in [0.15, 0.2) is 65.6 Å². The van der Waals surface area contributed by atoms with Crippen LogP contribution in [0.25, 0.3) is 10.8 Å². The molecule has 0 saturated carbocycles. The van der Waals surface area contributed by atoms with E-state index >= 15 is 0 Å². The lowest BCUT2D eigenvalue weighted by Crippen LogP contribution is -2.35. The van der Waals surface area contributed by atoms with Crippen molar-refractivity contribution >= 4 is 37.9 Å². The van der Waals surface area contributed by atoms with Crippen molar-refractivity contribution in [2.75, 3.05) is 25.0 Å². The predicted molar refractivity (Wildman–Crippen MR) is 117 cm³/mol. The standard InChI is InChI=1S/C20H20N4O6S/c1-2-22(31(29,30)18-9-7-15-5-3-4-6-16(15)13-18)12-11-21-19-10-8-17(23(25)26)14-20(19)24(27)28/h3-10,13-14,21H,2,11-12H2,1H3. The molecule has 0 aliphatic rings. The average molecular weight is 444 g/mol. The summed E-state index contributed by atoms with van der Waals surface area (Å²) in [5.74, 6) is 0. The van der Waals surface area contributed by atoms with Crippen LogP contribution in [0.4, 0.5) is 17.1 Å². The molecule has 0 unspecified atom stereocenters. The van der Waals surface area contributed by atoms with Gasteiger partial charge in [-0.2, -0.15) is 4.31 Å². The van der Waals surface area contributed by atoms with E-state index in [2.05, 4.69) is 5.32 Å². The first-order valence-corrected chi connectivity index (χ1v) is 10.8. The zero-order valence-corrected chi connectivity index (χ0v) is 17.4. The van der Waals surface area contributed by atoms with E-state index in [1.807, 2.05) is 24.3 Å². The fraction of sp³-hybridized carbons (Fsp3) is 0.200. The van der Waals surface area contributed by atoms with E-state index < -0.39 is 31.2 Å². The molecule has 11 heteroatoms. The molecule has 3 aromatic rings. The van der Waals surface area contributed by atoms with E-state index in [0.29, 0.717) is 0 Å². The molecule has 0 aliphatic carbocycles. The third-order valence-corrected chi connectivity index (χ3v) is 6.75. The number of fused-ring (bicyclic) bond motifs is 1. The Morgan fingerprint density at radius 1 is 0.935 bits per heavy atom. The van der Waals surface area contributed by atoms with E-state index in [0.717, 1.165) is 22.9 Å². The molecule has 31 heavy (non-hydrogen) atoms. The van der Waals surface area contributed by atoms with Gasteiger partial charge in [-0.05, 0) is 29.0 Å². The Labute approximate surface area is 178 Å². The molecule has 3 rings (SSSR count). The molecule has 0 fully saturated rings. The molecular weight excluding hydrogens is 424 g/mol. The Morgan fingerprint density at radius 2 is 1.65 bits per heavy atom. The van der Waals surface area contributed by atoms with Crippen molar-refractivity contribution in [2.24, 2.45) is 0 Å². The summed E-state index contributed by atoms with van der Waals surface area (Å²) in [6.07, 6.45) is 0. The maximum Gasteiger partial charge on any atom is 0.299 e. The number of anilines is 1. The van der Waals surface area contributed by atoms with E-state index in [9.17, 15) is 28.6 Å². The first kappa shape index (κ1) is 22.1. The molecule has 0 amide bonds. The van der Waals surface area contributed by atoms with Crippen molar-refractivity contribution in [3.05, 3.63) is 80.9 Å². The van der Waals surface area contributed by atoms with Crippen LogP contribution in [-0.4, -0.2) is 42.2 Å². The van der Waals surface area contributed by atoms with E-state index in [-0.39, 0.29) is 30.2 Å². The van der Waals surface area contributed by atoms with Gasteiger partial charge >= 0.3 is 0 Å².